The van der Waals surface area contributed by atoms with Crippen LogP contribution in [0.25, 0.3) is 0 Å². The monoisotopic (exact) mass is 519 g/mol. The number of hydrogen-bond donors (Lipinski definition) is 3. The lowest BCUT2D eigenvalue weighted by atomic mass is 10.1. The van der Waals surface area contributed by atoms with E-state index < -0.39 is 22.0 Å². The van der Waals surface area contributed by atoms with E-state index in [1.807, 2.05) is 36.4 Å². The minimum Gasteiger partial charge on any atom is -0.489 e. The van der Waals surface area contributed by atoms with Gasteiger partial charge in [-0.25, -0.2) is 8.42 Å². The Bertz CT molecular complexity index is 1440. The number of anilines is 1. The first-order chi connectivity index (χ1) is 17.9. The number of sulfonamides is 1. The van der Waals surface area contributed by atoms with Crippen LogP contribution in [0.1, 0.15) is 29.7 Å². The molecule has 0 unspecified atom stereocenters. The van der Waals surface area contributed by atoms with Crippen LogP contribution in [0.4, 0.5) is 5.69 Å². The predicted octanol–water partition coefficient (Wildman–Crippen LogP) is 3.60. The van der Waals surface area contributed by atoms with E-state index in [2.05, 4.69) is 15.1 Å². The molecule has 9 nitrogen and oxygen atoms in total. The van der Waals surface area contributed by atoms with Crippen molar-refractivity contribution in [2.24, 2.45) is 5.73 Å². The van der Waals surface area contributed by atoms with Gasteiger partial charge in [0.25, 0.3) is 10.0 Å². The van der Waals surface area contributed by atoms with Crippen LogP contribution in [0, 0.1) is 0 Å². The standard InChI is InChI=1S/C27H29N5O4S/c1-2-32-25(15-16-29-32)37(34,35)31-26(27(33)30-23-10-6-9-21(17-23)18-28)22-11-13-24(14-12-22)36-19-20-7-4-3-5-8-20/h3-17,26,31H,2,18-19,28H2,1H3,(H,30,33)/t26-/m1/s1. The zero-order valence-corrected chi connectivity index (χ0v) is 21.2. The fraction of sp³-hybridized carbons (Fsp3) is 0.185. The summed E-state index contributed by atoms with van der Waals surface area (Å²) in [6.07, 6.45) is 1.41. The van der Waals surface area contributed by atoms with Gasteiger partial charge in [-0.05, 0) is 53.9 Å². The maximum atomic E-state index is 13.4. The Balaban J connectivity index is 1.59. The van der Waals surface area contributed by atoms with Crippen LogP contribution in [-0.4, -0.2) is 24.1 Å². The molecular formula is C27H29N5O4S. The van der Waals surface area contributed by atoms with E-state index in [0.717, 1.165) is 11.1 Å². The summed E-state index contributed by atoms with van der Waals surface area (Å²) >= 11 is 0. The first-order valence-corrected chi connectivity index (χ1v) is 13.3. The van der Waals surface area contributed by atoms with Crippen molar-refractivity contribution in [1.82, 2.24) is 14.5 Å². The quantitative estimate of drug-likeness (QED) is 0.278. The summed E-state index contributed by atoms with van der Waals surface area (Å²) in [6.45, 7) is 2.84. The van der Waals surface area contributed by atoms with Crippen molar-refractivity contribution in [3.05, 3.63) is 108 Å². The molecule has 1 aromatic heterocycles. The van der Waals surface area contributed by atoms with Crippen molar-refractivity contribution in [3.8, 4) is 5.75 Å². The zero-order chi connectivity index (χ0) is 26.3. The number of nitrogens with one attached hydrogen (secondary N) is 2. The van der Waals surface area contributed by atoms with Crippen LogP contribution in [0.2, 0.25) is 0 Å². The highest BCUT2D eigenvalue weighted by Gasteiger charge is 2.29. The van der Waals surface area contributed by atoms with Gasteiger partial charge in [0, 0.05) is 18.8 Å². The third-order valence-corrected chi connectivity index (χ3v) is 7.12. The second kappa shape index (κ2) is 11.8. The van der Waals surface area contributed by atoms with Crippen molar-refractivity contribution >= 4 is 21.6 Å². The highest BCUT2D eigenvalue weighted by molar-refractivity contribution is 7.89. The summed E-state index contributed by atoms with van der Waals surface area (Å²) in [7, 11) is -4.08. The highest BCUT2D eigenvalue weighted by atomic mass is 32.2. The SMILES string of the molecule is CCn1nccc1S(=O)(=O)N[C@@H](C(=O)Nc1cccc(CN)c1)c1ccc(OCc2ccccc2)cc1. The van der Waals surface area contributed by atoms with Crippen LogP contribution >= 0.6 is 0 Å². The molecule has 1 atom stereocenters. The number of aryl methyl sites for hydroxylation is 1. The first-order valence-electron chi connectivity index (χ1n) is 11.8. The van der Waals surface area contributed by atoms with Crippen LogP contribution in [0.15, 0.2) is 96.2 Å². The predicted molar refractivity (Wildman–Crippen MR) is 141 cm³/mol. The Morgan fingerprint density at radius 3 is 2.43 bits per heavy atom. The minimum absolute atomic E-state index is 0.0271. The maximum absolute atomic E-state index is 13.4. The maximum Gasteiger partial charge on any atom is 0.258 e. The largest absolute Gasteiger partial charge is 0.489 e. The number of amides is 1. The van der Waals surface area contributed by atoms with E-state index in [1.54, 1.807) is 49.4 Å². The average Bonchev–Trinajstić information content (AvgIpc) is 3.42. The molecule has 0 saturated heterocycles. The molecule has 0 bridgehead atoms. The van der Waals surface area contributed by atoms with E-state index in [4.69, 9.17) is 10.5 Å². The van der Waals surface area contributed by atoms with E-state index in [9.17, 15) is 13.2 Å². The lowest BCUT2D eigenvalue weighted by Crippen LogP contribution is -2.37. The first kappa shape index (κ1) is 26.1. The molecule has 0 aliphatic heterocycles. The molecule has 1 heterocycles. The minimum atomic E-state index is -4.08. The number of aromatic nitrogens is 2. The number of carbonyl (C=O) groups excluding carboxylic acids is 1. The zero-order valence-electron chi connectivity index (χ0n) is 20.4. The molecule has 0 saturated carbocycles. The van der Waals surface area contributed by atoms with Crippen LogP contribution in [0.3, 0.4) is 0 Å². The molecule has 37 heavy (non-hydrogen) atoms. The fourth-order valence-corrected chi connectivity index (χ4v) is 5.13. The summed E-state index contributed by atoms with van der Waals surface area (Å²) in [4.78, 5) is 13.4. The van der Waals surface area contributed by atoms with E-state index in [-0.39, 0.29) is 5.03 Å². The van der Waals surface area contributed by atoms with E-state index in [0.29, 0.717) is 36.7 Å². The molecule has 192 valence electrons. The number of rotatable bonds is 11. The Hall–Kier alpha value is -3.99. The smallest absolute Gasteiger partial charge is 0.258 e. The topological polar surface area (TPSA) is 128 Å². The number of hydrogen-bond acceptors (Lipinski definition) is 6. The van der Waals surface area contributed by atoms with Gasteiger partial charge >= 0.3 is 0 Å². The van der Waals surface area contributed by atoms with Crippen molar-refractivity contribution in [2.45, 2.75) is 37.7 Å². The average molecular weight is 520 g/mol. The number of benzene rings is 3. The van der Waals surface area contributed by atoms with Gasteiger partial charge in [0.15, 0.2) is 5.03 Å². The van der Waals surface area contributed by atoms with Crippen LogP contribution in [0.5, 0.6) is 5.75 Å². The highest BCUT2D eigenvalue weighted by Crippen LogP contribution is 2.23. The van der Waals surface area contributed by atoms with Crippen LogP contribution in [-0.2, 0) is 34.5 Å². The van der Waals surface area contributed by atoms with Gasteiger partial charge in [0.05, 0.1) is 6.20 Å². The molecular weight excluding hydrogens is 490 g/mol. The molecule has 3 aromatic carbocycles. The molecule has 10 heteroatoms. The number of ether oxygens (including phenoxy) is 1. The fourth-order valence-electron chi connectivity index (χ4n) is 3.76. The van der Waals surface area contributed by atoms with Gasteiger partial charge in [-0.1, -0.05) is 54.6 Å². The Kier molecular flexibility index (Phi) is 8.34. The third kappa shape index (κ3) is 6.62. The summed E-state index contributed by atoms with van der Waals surface area (Å²) < 4.78 is 36.2. The van der Waals surface area contributed by atoms with Crippen molar-refractivity contribution in [1.29, 1.82) is 0 Å². The second-order valence-corrected chi connectivity index (χ2v) is 9.94. The number of nitrogens with two attached hydrogens (primary N) is 1. The van der Waals surface area contributed by atoms with Gasteiger partial charge < -0.3 is 15.8 Å². The molecule has 0 aliphatic carbocycles. The molecule has 1 amide bonds. The van der Waals surface area contributed by atoms with Crippen LogP contribution < -0.4 is 20.5 Å². The Morgan fingerprint density at radius 2 is 1.73 bits per heavy atom. The van der Waals surface area contributed by atoms with Crippen molar-refractivity contribution in [3.63, 3.8) is 0 Å². The number of nitrogens with zero attached hydrogens (tertiary/aromatic N) is 2. The Morgan fingerprint density at radius 1 is 1.00 bits per heavy atom. The lowest BCUT2D eigenvalue weighted by molar-refractivity contribution is -0.117. The third-order valence-electron chi connectivity index (χ3n) is 5.68. The molecule has 0 spiro atoms. The van der Waals surface area contributed by atoms with Crippen molar-refractivity contribution < 1.29 is 17.9 Å². The van der Waals surface area contributed by atoms with Gasteiger partial charge in [0.1, 0.15) is 18.4 Å². The van der Waals surface area contributed by atoms with Gasteiger partial charge in [-0.3, -0.25) is 9.48 Å². The van der Waals surface area contributed by atoms with Gasteiger partial charge in [0.2, 0.25) is 5.91 Å². The van der Waals surface area contributed by atoms with Crippen molar-refractivity contribution in [2.75, 3.05) is 5.32 Å². The second-order valence-electron chi connectivity index (χ2n) is 8.28. The number of carbonyl (C=O) groups is 1. The van der Waals surface area contributed by atoms with E-state index >= 15 is 0 Å². The van der Waals surface area contributed by atoms with E-state index in [1.165, 1.54) is 16.9 Å². The molecule has 4 N–H and O–H groups in total. The summed E-state index contributed by atoms with van der Waals surface area (Å²) in [5.41, 5.74) is 8.53. The summed E-state index contributed by atoms with van der Waals surface area (Å²) in [5, 5.41) is 6.81. The molecule has 4 aromatic rings. The molecule has 0 aliphatic rings. The molecule has 4 rings (SSSR count). The lowest BCUT2D eigenvalue weighted by Gasteiger charge is -2.20. The Labute approximate surface area is 216 Å². The summed E-state index contributed by atoms with van der Waals surface area (Å²) in [6, 6.07) is 23.7. The molecule has 0 fully saturated rings. The summed E-state index contributed by atoms with van der Waals surface area (Å²) in [5.74, 6) is 0.0487. The normalized spacial score (nSPS) is 12.2. The molecule has 0 radical (unpaired) electrons. The van der Waals surface area contributed by atoms with Gasteiger partial charge in [-0.2, -0.15) is 9.82 Å². The van der Waals surface area contributed by atoms with Gasteiger partial charge in [-0.15, -0.1) is 0 Å².